The number of nitrogen functional groups attached to an aromatic ring is 1. The molecular formula is C26H46N2O6. The van der Waals surface area contributed by atoms with Crippen LogP contribution >= 0.6 is 0 Å². The van der Waals surface area contributed by atoms with Crippen molar-refractivity contribution in [3.8, 4) is 0 Å². The van der Waals surface area contributed by atoms with E-state index in [1.807, 2.05) is 6.92 Å². The fourth-order valence-corrected chi connectivity index (χ4v) is 4.18. The van der Waals surface area contributed by atoms with E-state index in [1.165, 1.54) is 16.8 Å². The Hall–Kier alpha value is -1.42. The molecule has 0 amide bonds. The minimum atomic E-state index is -0.417. The molecule has 1 aromatic rings. The van der Waals surface area contributed by atoms with Gasteiger partial charge in [0.1, 0.15) is 0 Å². The van der Waals surface area contributed by atoms with E-state index >= 15 is 0 Å². The molecule has 0 fully saturated rings. The molecule has 8 heteroatoms. The Balaban J connectivity index is 2.06. The van der Waals surface area contributed by atoms with Gasteiger partial charge in [-0.15, -0.1) is 0 Å². The first-order valence-electron chi connectivity index (χ1n) is 12.6. The molecule has 1 atom stereocenters. The first-order valence-corrected chi connectivity index (χ1v) is 12.6. The maximum Gasteiger partial charge on any atom is 0.175 e. The van der Waals surface area contributed by atoms with Crippen molar-refractivity contribution in [2.45, 2.75) is 65.2 Å². The molecule has 0 radical (unpaired) electrons. The molecule has 1 aliphatic heterocycles. The molecule has 2 rings (SSSR count). The van der Waals surface area contributed by atoms with Crippen LogP contribution in [0, 0.1) is 0 Å². The second kappa shape index (κ2) is 14.9. The number of hydrogen-bond acceptors (Lipinski definition) is 8. The quantitative estimate of drug-likeness (QED) is 0.198. The van der Waals surface area contributed by atoms with Gasteiger partial charge in [0.2, 0.25) is 0 Å². The summed E-state index contributed by atoms with van der Waals surface area (Å²) in [5.41, 5.74) is 10.9. The van der Waals surface area contributed by atoms with Crippen LogP contribution in [0.2, 0.25) is 0 Å². The number of ether oxygens (including phenoxy) is 5. The number of aliphatic hydroxyl groups excluding tert-OH is 1. The van der Waals surface area contributed by atoms with Crippen LogP contribution in [0.4, 0.5) is 11.4 Å². The molecule has 0 aromatic heterocycles. The first-order chi connectivity index (χ1) is 16.3. The van der Waals surface area contributed by atoms with E-state index < -0.39 is 6.29 Å². The molecule has 0 saturated carbocycles. The van der Waals surface area contributed by atoms with Crippen LogP contribution in [0.5, 0.6) is 0 Å². The number of rotatable bonds is 17. The largest absolute Gasteiger partial charge is 0.398 e. The van der Waals surface area contributed by atoms with E-state index in [0.717, 1.165) is 18.5 Å². The van der Waals surface area contributed by atoms with Crippen molar-refractivity contribution in [2.75, 3.05) is 76.6 Å². The Morgan fingerprint density at radius 3 is 2.21 bits per heavy atom. The van der Waals surface area contributed by atoms with Crippen molar-refractivity contribution in [3.05, 3.63) is 23.3 Å². The summed E-state index contributed by atoms with van der Waals surface area (Å²) in [5.74, 6) is 0.352. The Morgan fingerprint density at radius 2 is 1.59 bits per heavy atom. The number of anilines is 2. The van der Waals surface area contributed by atoms with Gasteiger partial charge in [0, 0.05) is 23.5 Å². The minimum Gasteiger partial charge on any atom is -0.398 e. The fourth-order valence-electron chi connectivity index (χ4n) is 4.18. The van der Waals surface area contributed by atoms with Gasteiger partial charge in [-0.2, -0.15) is 0 Å². The first kappa shape index (κ1) is 28.8. The smallest absolute Gasteiger partial charge is 0.175 e. The highest BCUT2D eigenvalue weighted by Crippen LogP contribution is 2.40. The predicted molar refractivity (Wildman–Crippen MR) is 136 cm³/mol. The second-order valence-electron chi connectivity index (χ2n) is 9.50. The lowest BCUT2D eigenvalue weighted by atomic mass is 9.85. The van der Waals surface area contributed by atoms with Crippen LogP contribution in [0.15, 0.2) is 12.1 Å². The summed E-state index contributed by atoms with van der Waals surface area (Å²) in [6.07, 6.45) is 1.62. The molecule has 3 N–H and O–H groups in total. The van der Waals surface area contributed by atoms with Crippen molar-refractivity contribution < 1.29 is 28.8 Å². The van der Waals surface area contributed by atoms with Crippen LogP contribution in [-0.2, 0) is 30.1 Å². The molecule has 0 bridgehead atoms. The summed E-state index contributed by atoms with van der Waals surface area (Å²) in [5, 5.41) is 8.74. The zero-order chi connectivity index (χ0) is 25.0. The van der Waals surface area contributed by atoms with Gasteiger partial charge in [-0.1, -0.05) is 13.8 Å². The number of fused-ring (bicyclic) bond motifs is 1. The molecule has 1 aromatic carbocycles. The van der Waals surface area contributed by atoms with Crippen molar-refractivity contribution in [3.63, 3.8) is 0 Å². The van der Waals surface area contributed by atoms with Crippen molar-refractivity contribution in [1.29, 1.82) is 0 Å². The summed E-state index contributed by atoms with van der Waals surface area (Å²) in [6, 6.07) is 4.40. The maximum atomic E-state index is 8.74. The summed E-state index contributed by atoms with van der Waals surface area (Å²) in [4.78, 5) is 2.41. The van der Waals surface area contributed by atoms with Gasteiger partial charge in [-0.05, 0) is 62.8 Å². The molecule has 1 heterocycles. The standard InChI is InChI=1S/C26H46N2O6/c1-6-30-13-15-33-25(34-16-14-32-12-11-31-10-9-29)19-28-24-18-22(20(2)3)23(27)17-21(24)7-8-26(28,4)5/h17-18,20,25,29H,6-16,19,27H2,1-5H3. The highest BCUT2D eigenvalue weighted by atomic mass is 16.7. The Bertz CT molecular complexity index is 713. The number of aliphatic hydroxyl groups is 1. The molecule has 0 saturated heterocycles. The monoisotopic (exact) mass is 482 g/mol. The Morgan fingerprint density at radius 1 is 0.971 bits per heavy atom. The van der Waals surface area contributed by atoms with Crippen molar-refractivity contribution in [2.24, 2.45) is 0 Å². The molecule has 196 valence electrons. The van der Waals surface area contributed by atoms with E-state index in [1.54, 1.807) is 0 Å². The maximum absolute atomic E-state index is 8.74. The average Bonchev–Trinajstić information content (AvgIpc) is 2.79. The van der Waals surface area contributed by atoms with Crippen molar-refractivity contribution >= 4 is 11.4 Å². The highest BCUT2D eigenvalue weighted by molar-refractivity contribution is 5.67. The topological polar surface area (TPSA) is 95.6 Å². The fraction of sp³-hybridized carbons (Fsp3) is 0.769. The summed E-state index contributed by atoms with van der Waals surface area (Å²) >= 11 is 0. The lowest BCUT2D eigenvalue weighted by Crippen LogP contribution is -2.51. The molecular weight excluding hydrogens is 436 g/mol. The Kier molecular flexibility index (Phi) is 12.6. The van der Waals surface area contributed by atoms with Crippen LogP contribution < -0.4 is 10.6 Å². The van der Waals surface area contributed by atoms with Gasteiger partial charge < -0.3 is 39.4 Å². The summed E-state index contributed by atoms with van der Waals surface area (Å²) < 4.78 is 28.4. The average molecular weight is 483 g/mol. The normalized spacial score (nSPS) is 16.1. The van der Waals surface area contributed by atoms with Gasteiger partial charge in [0.15, 0.2) is 6.29 Å². The molecule has 0 spiro atoms. The number of nitrogens with two attached hydrogens (primary N) is 1. The third-order valence-electron chi connectivity index (χ3n) is 6.14. The minimum absolute atomic E-state index is 0.0190. The zero-order valence-electron chi connectivity index (χ0n) is 21.8. The third-order valence-corrected chi connectivity index (χ3v) is 6.14. The molecule has 8 nitrogen and oxygen atoms in total. The number of nitrogens with zero attached hydrogens (tertiary/aromatic N) is 1. The lowest BCUT2D eigenvalue weighted by molar-refractivity contribution is -0.154. The van der Waals surface area contributed by atoms with Gasteiger partial charge in [0.25, 0.3) is 0 Å². The zero-order valence-corrected chi connectivity index (χ0v) is 21.8. The molecule has 1 aliphatic rings. The van der Waals surface area contributed by atoms with Crippen LogP contribution in [0.25, 0.3) is 0 Å². The van der Waals surface area contributed by atoms with E-state index in [4.69, 9.17) is 34.5 Å². The SMILES string of the molecule is CCOCCOC(CN1c2cc(C(C)C)c(N)cc2CCC1(C)C)OCCOCCOCCO. The predicted octanol–water partition coefficient (Wildman–Crippen LogP) is 3.34. The molecule has 34 heavy (non-hydrogen) atoms. The number of benzene rings is 1. The number of aryl methyl sites for hydroxylation is 1. The van der Waals surface area contributed by atoms with E-state index in [0.29, 0.717) is 65.3 Å². The lowest BCUT2D eigenvalue weighted by Gasteiger charge is -2.46. The van der Waals surface area contributed by atoms with E-state index in [9.17, 15) is 0 Å². The van der Waals surface area contributed by atoms with Crippen molar-refractivity contribution in [1.82, 2.24) is 0 Å². The summed E-state index contributed by atoms with van der Waals surface area (Å²) in [7, 11) is 0. The third kappa shape index (κ3) is 8.98. The van der Waals surface area contributed by atoms with Crippen LogP contribution in [0.1, 0.15) is 58.1 Å². The van der Waals surface area contributed by atoms with E-state index in [2.05, 4.69) is 44.7 Å². The molecule has 1 unspecified atom stereocenters. The van der Waals surface area contributed by atoms with Gasteiger partial charge >= 0.3 is 0 Å². The summed E-state index contributed by atoms with van der Waals surface area (Å²) in [6.45, 7) is 15.3. The van der Waals surface area contributed by atoms with Gasteiger partial charge in [-0.25, -0.2) is 0 Å². The van der Waals surface area contributed by atoms with E-state index in [-0.39, 0.29) is 12.1 Å². The van der Waals surface area contributed by atoms with Crippen LogP contribution in [-0.4, -0.2) is 82.9 Å². The van der Waals surface area contributed by atoms with Gasteiger partial charge in [-0.3, -0.25) is 0 Å². The highest BCUT2D eigenvalue weighted by Gasteiger charge is 2.35. The van der Waals surface area contributed by atoms with Gasteiger partial charge in [0.05, 0.1) is 59.4 Å². The second-order valence-corrected chi connectivity index (χ2v) is 9.50. The number of hydrogen-bond donors (Lipinski definition) is 2. The Labute approximate surface area is 205 Å². The van der Waals surface area contributed by atoms with Crippen LogP contribution in [0.3, 0.4) is 0 Å². The molecule has 0 aliphatic carbocycles.